The fraction of sp³-hybridized carbons (Fsp3) is 0.318. The predicted molar refractivity (Wildman–Crippen MR) is 121 cm³/mol. The lowest BCUT2D eigenvalue weighted by Crippen LogP contribution is -2.46. The average Bonchev–Trinajstić information content (AvgIpc) is 3.21. The van der Waals surface area contributed by atoms with E-state index >= 15 is 0 Å². The van der Waals surface area contributed by atoms with E-state index in [1.807, 2.05) is 35.7 Å². The van der Waals surface area contributed by atoms with Crippen molar-refractivity contribution in [1.82, 2.24) is 0 Å². The Hall–Kier alpha value is -1.47. The lowest BCUT2D eigenvalue weighted by atomic mass is 9.88. The molecular formula is C22H24O3S2Si. The lowest BCUT2D eigenvalue weighted by Gasteiger charge is -2.39. The summed E-state index contributed by atoms with van der Waals surface area (Å²) >= 11 is 3.65. The van der Waals surface area contributed by atoms with Crippen LogP contribution in [0.4, 0.5) is 0 Å². The van der Waals surface area contributed by atoms with Crippen molar-refractivity contribution in [3.05, 3.63) is 77.4 Å². The summed E-state index contributed by atoms with van der Waals surface area (Å²) in [6, 6.07) is 18.8. The van der Waals surface area contributed by atoms with E-state index in [-0.39, 0.29) is 16.2 Å². The van der Waals surface area contributed by atoms with Crippen LogP contribution in [0.15, 0.2) is 66.2 Å². The van der Waals surface area contributed by atoms with Crippen molar-refractivity contribution >= 4 is 43.0 Å². The number of carbonyl (C=O) groups excluding carboxylic acids is 1. The Morgan fingerprint density at radius 3 is 2.36 bits per heavy atom. The summed E-state index contributed by atoms with van der Waals surface area (Å²) in [5, 5.41) is 1.24. The normalized spacial score (nSPS) is 20.5. The van der Waals surface area contributed by atoms with Gasteiger partial charge in [0.25, 0.3) is 0 Å². The molecule has 2 aromatic carbocycles. The standard InChI is InChI=1S/C22H24O3S2Si/c1-24-21(23)19-15-20(25-28(2,3)16-9-5-4-6-10-16)17-11-7-8-12-18(17)22(19)26-13-14-27-22/h4-12,15,20H,13-14H2,1-3H3. The Bertz CT molecular complexity index is 905. The molecule has 1 atom stereocenters. The van der Waals surface area contributed by atoms with E-state index in [1.54, 1.807) is 0 Å². The first-order valence-corrected chi connectivity index (χ1v) is 14.3. The van der Waals surface area contributed by atoms with Gasteiger partial charge in [0.1, 0.15) is 4.08 Å². The van der Waals surface area contributed by atoms with Gasteiger partial charge in [0, 0.05) is 11.5 Å². The topological polar surface area (TPSA) is 35.5 Å². The highest BCUT2D eigenvalue weighted by molar-refractivity contribution is 8.21. The number of rotatable bonds is 4. The fourth-order valence-electron chi connectivity index (χ4n) is 3.90. The van der Waals surface area contributed by atoms with E-state index in [1.165, 1.54) is 17.9 Å². The van der Waals surface area contributed by atoms with Crippen molar-refractivity contribution in [1.29, 1.82) is 0 Å². The third-order valence-corrected chi connectivity index (χ3v) is 11.3. The van der Waals surface area contributed by atoms with Crippen molar-refractivity contribution in [2.24, 2.45) is 0 Å². The number of fused-ring (bicyclic) bond motifs is 2. The minimum Gasteiger partial charge on any atom is -0.466 e. The summed E-state index contributed by atoms with van der Waals surface area (Å²) < 4.78 is 11.5. The van der Waals surface area contributed by atoms with Gasteiger partial charge in [-0.2, -0.15) is 0 Å². The molecule has 4 rings (SSSR count). The smallest absolute Gasteiger partial charge is 0.336 e. The highest BCUT2D eigenvalue weighted by Gasteiger charge is 2.49. The van der Waals surface area contributed by atoms with Gasteiger partial charge in [0.15, 0.2) is 0 Å². The van der Waals surface area contributed by atoms with Gasteiger partial charge in [-0.25, -0.2) is 4.79 Å². The summed E-state index contributed by atoms with van der Waals surface area (Å²) in [4.78, 5) is 12.8. The third-order valence-electron chi connectivity index (χ3n) is 5.28. The fourth-order valence-corrected chi connectivity index (χ4v) is 9.23. The van der Waals surface area contributed by atoms with Gasteiger partial charge in [-0.3, -0.25) is 0 Å². The largest absolute Gasteiger partial charge is 0.466 e. The highest BCUT2D eigenvalue weighted by Crippen LogP contribution is 2.60. The van der Waals surface area contributed by atoms with Gasteiger partial charge < -0.3 is 9.16 Å². The first kappa shape index (κ1) is 19.8. The number of esters is 1. The second kappa shape index (κ2) is 7.75. The van der Waals surface area contributed by atoms with Gasteiger partial charge >= 0.3 is 5.97 Å². The molecule has 1 fully saturated rings. The molecule has 0 bridgehead atoms. The Labute approximate surface area is 176 Å². The number of benzene rings is 2. The van der Waals surface area contributed by atoms with Crippen LogP contribution < -0.4 is 5.19 Å². The number of hydrogen-bond donors (Lipinski definition) is 0. The second-order valence-electron chi connectivity index (χ2n) is 7.39. The van der Waals surface area contributed by atoms with E-state index in [9.17, 15) is 4.79 Å². The Morgan fingerprint density at radius 2 is 1.68 bits per heavy atom. The molecule has 28 heavy (non-hydrogen) atoms. The van der Waals surface area contributed by atoms with E-state index in [4.69, 9.17) is 9.16 Å². The maximum atomic E-state index is 12.8. The zero-order chi connectivity index (χ0) is 19.8. The molecule has 1 aliphatic carbocycles. The van der Waals surface area contributed by atoms with E-state index in [0.717, 1.165) is 17.1 Å². The Morgan fingerprint density at radius 1 is 1.04 bits per heavy atom. The number of thioether (sulfide) groups is 2. The molecule has 3 nitrogen and oxygen atoms in total. The van der Waals surface area contributed by atoms with E-state index in [0.29, 0.717) is 5.57 Å². The van der Waals surface area contributed by atoms with Crippen LogP contribution >= 0.6 is 23.5 Å². The molecule has 0 aromatic heterocycles. The molecule has 2 aliphatic rings. The minimum atomic E-state index is -2.17. The molecule has 1 unspecified atom stereocenters. The zero-order valence-electron chi connectivity index (χ0n) is 16.3. The van der Waals surface area contributed by atoms with Crippen LogP contribution in [0.1, 0.15) is 17.2 Å². The third kappa shape index (κ3) is 3.36. The van der Waals surface area contributed by atoms with Gasteiger partial charge in [0.05, 0.1) is 18.8 Å². The maximum Gasteiger partial charge on any atom is 0.336 e. The van der Waals surface area contributed by atoms with Gasteiger partial charge in [-0.05, 0) is 35.5 Å². The van der Waals surface area contributed by atoms with Crippen LogP contribution in [0.3, 0.4) is 0 Å². The first-order valence-electron chi connectivity index (χ1n) is 9.39. The number of carbonyl (C=O) groups is 1. The molecule has 0 radical (unpaired) electrons. The van der Waals surface area contributed by atoms with Gasteiger partial charge in [0.2, 0.25) is 8.32 Å². The van der Waals surface area contributed by atoms with Crippen molar-refractivity contribution in [3.63, 3.8) is 0 Å². The van der Waals surface area contributed by atoms with Crippen LogP contribution in [0.5, 0.6) is 0 Å². The highest BCUT2D eigenvalue weighted by atomic mass is 32.2. The minimum absolute atomic E-state index is 0.250. The summed E-state index contributed by atoms with van der Waals surface area (Å²) in [5.74, 6) is 1.77. The van der Waals surface area contributed by atoms with Crippen LogP contribution in [-0.2, 0) is 18.0 Å². The summed E-state index contributed by atoms with van der Waals surface area (Å²) in [6.07, 6.45) is 1.76. The van der Waals surface area contributed by atoms with E-state index < -0.39 is 8.32 Å². The molecule has 6 heteroatoms. The Balaban J connectivity index is 1.80. The van der Waals surface area contributed by atoms with Crippen molar-refractivity contribution in [3.8, 4) is 0 Å². The van der Waals surface area contributed by atoms with Crippen molar-refractivity contribution in [2.75, 3.05) is 18.6 Å². The molecule has 1 aliphatic heterocycles. The maximum absolute atomic E-state index is 12.8. The van der Waals surface area contributed by atoms with Gasteiger partial charge in [-0.1, -0.05) is 54.6 Å². The summed E-state index contributed by atoms with van der Waals surface area (Å²) in [7, 11) is -0.713. The quantitative estimate of drug-likeness (QED) is 0.525. The van der Waals surface area contributed by atoms with Gasteiger partial charge in [-0.15, -0.1) is 23.5 Å². The first-order chi connectivity index (χ1) is 13.5. The predicted octanol–water partition coefficient (Wildman–Crippen LogP) is 4.60. The van der Waals surface area contributed by atoms with Crippen LogP contribution in [0.2, 0.25) is 13.1 Å². The molecule has 0 N–H and O–H groups in total. The molecule has 0 amide bonds. The van der Waals surface area contributed by atoms with Crippen molar-refractivity contribution in [2.45, 2.75) is 23.3 Å². The lowest BCUT2D eigenvalue weighted by molar-refractivity contribution is -0.136. The molecule has 0 saturated carbocycles. The molecular weight excluding hydrogens is 404 g/mol. The Kier molecular flexibility index (Phi) is 5.48. The molecule has 2 aromatic rings. The van der Waals surface area contributed by atoms with Crippen LogP contribution in [-0.4, -0.2) is 32.9 Å². The average molecular weight is 429 g/mol. The molecule has 1 saturated heterocycles. The van der Waals surface area contributed by atoms with Crippen LogP contribution in [0, 0.1) is 0 Å². The molecule has 1 heterocycles. The van der Waals surface area contributed by atoms with Crippen molar-refractivity contribution < 1.29 is 14.0 Å². The summed E-state index contributed by atoms with van der Waals surface area (Å²) in [6.45, 7) is 4.42. The second-order valence-corrected chi connectivity index (χ2v) is 14.1. The number of hydrogen-bond acceptors (Lipinski definition) is 5. The van der Waals surface area contributed by atoms with Crippen LogP contribution in [0.25, 0.3) is 0 Å². The van der Waals surface area contributed by atoms with E-state index in [2.05, 4.69) is 61.6 Å². The number of ether oxygens (including phenoxy) is 1. The monoisotopic (exact) mass is 428 g/mol. The zero-order valence-corrected chi connectivity index (χ0v) is 18.9. The molecule has 146 valence electrons. The summed E-state index contributed by atoms with van der Waals surface area (Å²) in [5.41, 5.74) is 3.05. The molecule has 1 spiro atoms. The SMILES string of the molecule is COC(=O)C1=CC(O[Si](C)(C)c2ccccc2)c2ccccc2C12SCCS2. The number of methoxy groups -OCH3 is 1.